The van der Waals surface area contributed by atoms with E-state index >= 15 is 0 Å². The summed E-state index contributed by atoms with van der Waals surface area (Å²) in [5, 5.41) is 1.09. The van der Waals surface area contributed by atoms with Crippen molar-refractivity contribution in [3.63, 3.8) is 0 Å². The average Bonchev–Trinajstić information content (AvgIpc) is 2.99. The van der Waals surface area contributed by atoms with E-state index in [9.17, 15) is 0 Å². The zero-order valence-corrected chi connectivity index (χ0v) is 13.7. The van der Waals surface area contributed by atoms with Crippen molar-refractivity contribution in [3.05, 3.63) is 0 Å². The van der Waals surface area contributed by atoms with Gasteiger partial charge in [-0.2, -0.15) is 4.37 Å². The Kier molecular flexibility index (Phi) is 5.10. The van der Waals surface area contributed by atoms with Crippen LogP contribution < -0.4 is 15.4 Å². The number of likely N-dealkylation sites (N-methyl/N-ethyl adjacent to an activating group) is 1. The molecule has 1 aliphatic rings. The second-order valence-electron chi connectivity index (χ2n) is 5.48. The minimum absolute atomic E-state index is 0.119. The molecule has 114 valence electrons. The summed E-state index contributed by atoms with van der Waals surface area (Å²) in [5.41, 5.74) is 5.94. The van der Waals surface area contributed by atoms with Gasteiger partial charge in [-0.25, -0.2) is 0 Å². The molecule has 1 aliphatic heterocycles. The van der Waals surface area contributed by atoms with Gasteiger partial charge in [0.05, 0.1) is 6.10 Å². The molecule has 0 aliphatic carbocycles. The lowest BCUT2D eigenvalue weighted by molar-refractivity contribution is 0.232. The third kappa shape index (κ3) is 3.17. The number of hydrogen-bond donors (Lipinski definition) is 1. The van der Waals surface area contributed by atoms with E-state index in [1.165, 1.54) is 18.0 Å². The van der Waals surface area contributed by atoms with Crippen LogP contribution in [-0.2, 0) is 0 Å². The molecule has 1 aromatic rings. The lowest BCUT2D eigenvalue weighted by Crippen LogP contribution is -2.37. The Morgan fingerprint density at radius 3 is 2.75 bits per heavy atom. The first-order valence-corrected chi connectivity index (χ1v) is 8.24. The minimum atomic E-state index is 0.119. The van der Waals surface area contributed by atoms with Crippen molar-refractivity contribution in [2.75, 3.05) is 36.8 Å². The standard InChI is InChI=1S/C14H26N4OS/c1-5-17(6-2)11-7-8-18(9-11)14-12(19-10(3)4)13(15)16-20-14/h10-11H,5-9H2,1-4H3,(H2,15,16). The molecule has 5 nitrogen and oxygen atoms in total. The maximum absolute atomic E-state index is 5.94. The number of ether oxygens (including phenoxy) is 1. The molecule has 1 unspecified atom stereocenters. The van der Waals surface area contributed by atoms with Gasteiger partial charge in [0.1, 0.15) is 0 Å². The first-order valence-electron chi connectivity index (χ1n) is 7.47. The molecule has 20 heavy (non-hydrogen) atoms. The molecular weight excluding hydrogens is 272 g/mol. The summed E-state index contributed by atoms with van der Waals surface area (Å²) < 4.78 is 10.1. The van der Waals surface area contributed by atoms with Crippen molar-refractivity contribution in [1.29, 1.82) is 0 Å². The summed E-state index contributed by atoms with van der Waals surface area (Å²) in [7, 11) is 0. The monoisotopic (exact) mass is 298 g/mol. The average molecular weight is 298 g/mol. The molecule has 2 rings (SSSR count). The number of nitrogens with zero attached hydrogens (tertiary/aromatic N) is 3. The van der Waals surface area contributed by atoms with Crippen molar-refractivity contribution >= 4 is 22.4 Å². The van der Waals surface area contributed by atoms with E-state index in [1.807, 2.05) is 13.8 Å². The van der Waals surface area contributed by atoms with E-state index in [4.69, 9.17) is 10.5 Å². The minimum Gasteiger partial charge on any atom is -0.484 e. The van der Waals surface area contributed by atoms with Crippen LogP contribution in [-0.4, -0.2) is 47.6 Å². The molecule has 1 aromatic heterocycles. The Balaban J connectivity index is 2.10. The molecule has 2 heterocycles. The van der Waals surface area contributed by atoms with Gasteiger partial charge in [0.15, 0.2) is 16.6 Å². The second-order valence-corrected chi connectivity index (χ2v) is 6.23. The second kappa shape index (κ2) is 6.63. The van der Waals surface area contributed by atoms with Crippen molar-refractivity contribution in [3.8, 4) is 5.75 Å². The van der Waals surface area contributed by atoms with E-state index in [0.717, 1.165) is 36.9 Å². The predicted octanol–water partition coefficient (Wildman–Crippen LogP) is 2.43. The van der Waals surface area contributed by atoms with Gasteiger partial charge >= 0.3 is 0 Å². The van der Waals surface area contributed by atoms with Crippen LogP contribution in [0.1, 0.15) is 34.1 Å². The number of rotatable bonds is 6. The van der Waals surface area contributed by atoms with Gasteiger partial charge in [-0.15, -0.1) is 0 Å². The van der Waals surface area contributed by atoms with E-state index < -0.39 is 0 Å². The molecule has 1 saturated heterocycles. The number of hydrogen-bond acceptors (Lipinski definition) is 6. The normalized spacial score (nSPS) is 19.3. The fraction of sp³-hybridized carbons (Fsp3) is 0.786. The molecule has 0 aromatic carbocycles. The van der Waals surface area contributed by atoms with Crippen LogP contribution in [0, 0.1) is 0 Å². The Labute approximate surface area is 125 Å². The van der Waals surface area contributed by atoms with Gasteiger partial charge in [0, 0.05) is 19.1 Å². The van der Waals surface area contributed by atoms with Crippen LogP contribution in [0.2, 0.25) is 0 Å². The lowest BCUT2D eigenvalue weighted by Gasteiger charge is -2.26. The summed E-state index contributed by atoms with van der Waals surface area (Å²) in [6.07, 6.45) is 1.31. The Hall–Kier alpha value is -1.01. The summed E-state index contributed by atoms with van der Waals surface area (Å²) in [6, 6.07) is 0.625. The van der Waals surface area contributed by atoms with E-state index in [1.54, 1.807) is 0 Å². The highest BCUT2D eigenvalue weighted by molar-refractivity contribution is 7.11. The zero-order chi connectivity index (χ0) is 14.7. The summed E-state index contributed by atoms with van der Waals surface area (Å²) >= 11 is 1.45. The lowest BCUT2D eigenvalue weighted by atomic mass is 10.2. The van der Waals surface area contributed by atoms with Crippen LogP contribution in [0.3, 0.4) is 0 Å². The number of nitrogen functional groups attached to an aromatic ring is 1. The Morgan fingerprint density at radius 1 is 1.45 bits per heavy atom. The smallest absolute Gasteiger partial charge is 0.198 e. The highest BCUT2D eigenvalue weighted by Gasteiger charge is 2.30. The highest BCUT2D eigenvalue weighted by atomic mass is 32.1. The number of nitrogens with two attached hydrogens (primary N) is 1. The molecule has 1 atom stereocenters. The third-order valence-corrected chi connectivity index (χ3v) is 4.69. The van der Waals surface area contributed by atoms with Gasteiger partial charge in [-0.05, 0) is 44.9 Å². The fourth-order valence-corrected chi connectivity index (χ4v) is 3.58. The SMILES string of the molecule is CCN(CC)C1CCN(c2snc(N)c2OC(C)C)C1. The quantitative estimate of drug-likeness (QED) is 0.874. The number of anilines is 2. The van der Waals surface area contributed by atoms with Crippen molar-refractivity contribution in [2.45, 2.75) is 46.3 Å². The van der Waals surface area contributed by atoms with Gasteiger partial charge in [-0.1, -0.05) is 13.8 Å². The van der Waals surface area contributed by atoms with Crippen LogP contribution in [0.4, 0.5) is 10.8 Å². The van der Waals surface area contributed by atoms with E-state index in [2.05, 4.69) is 28.0 Å². The zero-order valence-electron chi connectivity index (χ0n) is 12.9. The Morgan fingerprint density at radius 2 is 2.15 bits per heavy atom. The van der Waals surface area contributed by atoms with Gasteiger partial charge in [-0.3, -0.25) is 4.90 Å². The molecule has 0 spiro atoms. The molecule has 0 amide bonds. The van der Waals surface area contributed by atoms with E-state index in [-0.39, 0.29) is 6.10 Å². The molecule has 0 radical (unpaired) electrons. The highest BCUT2D eigenvalue weighted by Crippen LogP contribution is 2.40. The van der Waals surface area contributed by atoms with E-state index in [0.29, 0.717) is 11.9 Å². The van der Waals surface area contributed by atoms with Gasteiger partial charge in [0.2, 0.25) is 0 Å². The van der Waals surface area contributed by atoms with Gasteiger partial charge < -0.3 is 15.4 Å². The first-order chi connectivity index (χ1) is 9.56. The maximum Gasteiger partial charge on any atom is 0.198 e. The van der Waals surface area contributed by atoms with Gasteiger partial charge in [0.25, 0.3) is 0 Å². The van der Waals surface area contributed by atoms with Crippen LogP contribution in [0.15, 0.2) is 0 Å². The van der Waals surface area contributed by atoms with Crippen molar-refractivity contribution < 1.29 is 4.74 Å². The van der Waals surface area contributed by atoms with Crippen molar-refractivity contribution in [1.82, 2.24) is 9.27 Å². The largest absolute Gasteiger partial charge is 0.484 e. The maximum atomic E-state index is 5.94. The molecule has 6 heteroatoms. The molecule has 0 bridgehead atoms. The van der Waals surface area contributed by atoms with Crippen LogP contribution in [0.25, 0.3) is 0 Å². The fourth-order valence-electron chi connectivity index (χ4n) is 2.80. The topological polar surface area (TPSA) is 54.6 Å². The number of aromatic nitrogens is 1. The first kappa shape index (κ1) is 15.4. The predicted molar refractivity (Wildman–Crippen MR) is 85.8 cm³/mol. The van der Waals surface area contributed by atoms with Crippen LogP contribution in [0.5, 0.6) is 5.75 Å². The molecule has 1 fully saturated rings. The molecular formula is C14H26N4OS. The Bertz CT molecular complexity index is 431. The van der Waals surface area contributed by atoms with Crippen molar-refractivity contribution in [2.24, 2.45) is 0 Å². The summed E-state index contributed by atoms with van der Waals surface area (Å²) in [6.45, 7) is 12.8. The summed E-state index contributed by atoms with van der Waals surface area (Å²) in [5.74, 6) is 1.29. The van der Waals surface area contributed by atoms with Crippen LogP contribution >= 0.6 is 11.5 Å². The molecule has 0 saturated carbocycles. The molecule has 2 N–H and O–H groups in total. The summed E-state index contributed by atoms with van der Waals surface area (Å²) in [4.78, 5) is 4.89. The third-order valence-electron chi connectivity index (χ3n) is 3.79.